The van der Waals surface area contributed by atoms with Crippen LogP contribution < -0.4 is 15.4 Å². The summed E-state index contributed by atoms with van der Waals surface area (Å²) in [4.78, 5) is 12.2. The molecule has 0 saturated carbocycles. The third-order valence-electron chi connectivity index (χ3n) is 3.83. The number of aryl methyl sites for hydroxylation is 1. The lowest BCUT2D eigenvalue weighted by molar-refractivity contribution is -0.112. The maximum absolute atomic E-state index is 12.2. The van der Waals surface area contributed by atoms with Gasteiger partial charge in [-0.3, -0.25) is 4.79 Å². The van der Waals surface area contributed by atoms with Crippen molar-refractivity contribution >= 4 is 11.6 Å². The molecule has 0 radical (unpaired) electrons. The topological polar surface area (TPSA) is 74.1 Å². The van der Waals surface area contributed by atoms with Crippen LogP contribution in [0.1, 0.15) is 18.1 Å². The van der Waals surface area contributed by atoms with Crippen molar-refractivity contribution in [3.05, 3.63) is 71.4 Å². The van der Waals surface area contributed by atoms with Gasteiger partial charge in [0.05, 0.1) is 6.61 Å². The number of rotatable bonds is 8. The van der Waals surface area contributed by atoms with Gasteiger partial charge in [-0.05, 0) is 55.7 Å². The summed E-state index contributed by atoms with van der Waals surface area (Å²) in [5, 5.41) is 15.0. The quantitative estimate of drug-likeness (QED) is 0.434. The van der Waals surface area contributed by atoms with Gasteiger partial charge in [-0.1, -0.05) is 24.3 Å². The summed E-state index contributed by atoms with van der Waals surface area (Å²) < 4.78 is 5.36. The van der Waals surface area contributed by atoms with E-state index in [0.717, 1.165) is 12.2 Å². The van der Waals surface area contributed by atoms with Gasteiger partial charge in [-0.25, -0.2) is 0 Å². The highest BCUT2D eigenvalue weighted by Gasteiger charge is 2.09. The first kappa shape index (κ1) is 19.1. The van der Waals surface area contributed by atoms with E-state index in [-0.39, 0.29) is 5.57 Å². The van der Waals surface area contributed by atoms with Gasteiger partial charge in [0.15, 0.2) is 0 Å². The Morgan fingerprint density at radius 3 is 2.58 bits per heavy atom. The molecule has 5 heteroatoms. The molecule has 0 fully saturated rings. The van der Waals surface area contributed by atoms with Crippen LogP contribution in [0.3, 0.4) is 0 Å². The first-order valence-corrected chi connectivity index (χ1v) is 8.56. The van der Waals surface area contributed by atoms with E-state index in [4.69, 9.17) is 4.74 Å². The Labute approximate surface area is 154 Å². The van der Waals surface area contributed by atoms with E-state index >= 15 is 0 Å². The predicted octanol–water partition coefficient (Wildman–Crippen LogP) is 3.57. The molecule has 0 unspecified atom stereocenters. The summed E-state index contributed by atoms with van der Waals surface area (Å²) >= 11 is 0. The molecule has 0 aromatic heterocycles. The summed E-state index contributed by atoms with van der Waals surface area (Å²) in [6.45, 7) is 5.20. The highest BCUT2D eigenvalue weighted by Crippen LogP contribution is 2.16. The summed E-state index contributed by atoms with van der Waals surface area (Å²) in [6.07, 6.45) is 2.28. The maximum atomic E-state index is 12.2. The Hall–Kier alpha value is -3.26. The summed E-state index contributed by atoms with van der Waals surface area (Å²) in [5.41, 5.74) is 3.11. The zero-order valence-electron chi connectivity index (χ0n) is 15.1. The molecule has 2 aromatic rings. The van der Waals surface area contributed by atoms with Crippen LogP contribution in [-0.4, -0.2) is 19.1 Å². The Kier molecular flexibility index (Phi) is 7.26. The average Bonchev–Trinajstić information content (AvgIpc) is 2.65. The molecule has 0 atom stereocenters. The van der Waals surface area contributed by atoms with E-state index in [1.807, 2.05) is 25.1 Å². The Morgan fingerprint density at radius 1 is 1.19 bits per heavy atom. The number of carbonyl (C=O) groups excluding carboxylic acids is 1. The number of amides is 1. The van der Waals surface area contributed by atoms with Crippen LogP contribution in [0.4, 0.5) is 5.69 Å². The van der Waals surface area contributed by atoms with Gasteiger partial charge >= 0.3 is 0 Å². The molecule has 0 heterocycles. The van der Waals surface area contributed by atoms with Gasteiger partial charge in [0.2, 0.25) is 0 Å². The molecule has 26 heavy (non-hydrogen) atoms. The molecule has 0 aliphatic carbocycles. The number of hydrogen-bond donors (Lipinski definition) is 2. The molecule has 134 valence electrons. The van der Waals surface area contributed by atoms with E-state index in [9.17, 15) is 10.1 Å². The Balaban J connectivity index is 1.88. The first-order valence-electron chi connectivity index (χ1n) is 8.56. The van der Waals surface area contributed by atoms with Crippen LogP contribution in [0.5, 0.6) is 5.75 Å². The van der Waals surface area contributed by atoms with Crippen molar-refractivity contribution < 1.29 is 9.53 Å². The molecule has 0 saturated heterocycles. The van der Waals surface area contributed by atoms with Gasteiger partial charge in [-0.2, -0.15) is 5.26 Å². The lowest BCUT2D eigenvalue weighted by Gasteiger charge is -2.08. The van der Waals surface area contributed by atoms with Crippen molar-refractivity contribution in [3.8, 4) is 11.8 Å². The monoisotopic (exact) mass is 349 g/mol. The predicted molar refractivity (Wildman–Crippen MR) is 103 cm³/mol. The zero-order valence-corrected chi connectivity index (χ0v) is 15.1. The zero-order chi connectivity index (χ0) is 18.8. The summed E-state index contributed by atoms with van der Waals surface area (Å²) in [5.74, 6) is 0.291. The van der Waals surface area contributed by atoms with Crippen LogP contribution in [-0.2, 0) is 11.2 Å². The minimum absolute atomic E-state index is 0.0312. The molecule has 1 amide bonds. The Bertz CT molecular complexity index is 805. The molecule has 0 bridgehead atoms. The van der Waals surface area contributed by atoms with E-state index in [0.29, 0.717) is 18.8 Å². The van der Waals surface area contributed by atoms with Gasteiger partial charge in [0.25, 0.3) is 5.91 Å². The maximum Gasteiger partial charge on any atom is 0.267 e. The Morgan fingerprint density at radius 2 is 1.92 bits per heavy atom. The second-order valence-corrected chi connectivity index (χ2v) is 5.71. The number of ether oxygens (including phenoxy) is 1. The second-order valence-electron chi connectivity index (χ2n) is 5.71. The highest BCUT2D eigenvalue weighted by atomic mass is 16.5. The van der Waals surface area contributed by atoms with E-state index in [1.54, 1.807) is 24.3 Å². The number of nitrogens with zero attached hydrogens (tertiary/aromatic N) is 1. The van der Waals surface area contributed by atoms with Crippen molar-refractivity contribution in [1.82, 2.24) is 5.32 Å². The fraction of sp³-hybridized carbons (Fsp3) is 0.238. The number of nitriles is 1. The molecule has 2 N–H and O–H groups in total. The van der Waals surface area contributed by atoms with Crippen molar-refractivity contribution in [2.45, 2.75) is 20.3 Å². The van der Waals surface area contributed by atoms with E-state index < -0.39 is 5.91 Å². The van der Waals surface area contributed by atoms with Crippen LogP contribution in [0.25, 0.3) is 0 Å². The fourth-order valence-electron chi connectivity index (χ4n) is 2.42. The number of carbonyl (C=O) groups is 1. The van der Waals surface area contributed by atoms with Crippen LogP contribution in [0.2, 0.25) is 0 Å². The molecule has 0 aliphatic rings. The van der Waals surface area contributed by atoms with Gasteiger partial charge < -0.3 is 15.4 Å². The normalized spacial score (nSPS) is 10.7. The molecular formula is C21H23N3O2. The number of nitrogens with one attached hydrogen (secondary N) is 2. The fourth-order valence-corrected chi connectivity index (χ4v) is 2.42. The minimum Gasteiger partial charge on any atom is -0.494 e. The lowest BCUT2D eigenvalue weighted by Crippen LogP contribution is -2.18. The summed E-state index contributed by atoms with van der Waals surface area (Å²) in [6, 6.07) is 17.1. The number of hydrogen-bond acceptors (Lipinski definition) is 4. The second kappa shape index (κ2) is 9.90. The molecule has 5 nitrogen and oxygen atoms in total. The third kappa shape index (κ3) is 5.67. The minimum atomic E-state index is -0.444. The highest BCUT2D eigenvalue weighted by molar-refractivity contribution is 6.06. The van der Waals surface area contributed by atoms with E-state index in [2.05, 4.69) is 29.7 Å². The van der Waals surface area contributed by atoms with Gasteiger partial charge in [0.1, 0.15) is 17.4 Å². The molecule has 2 aromatic carbocycles. The first-order chi connectivity index (χ1) is 12.6. The van der Waals surface area contributed by atoms with Crippen LogP contribution >= 0.6 is 0 Å². The average molecular weight is 349 g/mol. The SMILES string of the molecule is CCOc1ccc(NC(=O)/C(C#N)=C\NCCc2ccccc2C)cc1. The molecule has 2 rings (SSSR count). The summed E-state index contributed by atoms with van der Waals surface area (Å²) in [7, 11) is 0. The van der Waals surface area contributed by atoms with Crippen molar-refractivity contribution in [2.24, 2.45) is 0 Å². The third-order valence-corrected chi connectivity index (χ3v) is 3.83. The van der Waals surface area contributed by atoms with Crippen molar-refractivity contribution in [3.63, 3.8) is 0 Å². The molecule has 0 spiro atoms. The lowest BCUT2D eigenvalue weighted by atomic mass is 10.1. The molecule has 0 aliphatic heterocycles. The number of benzene rings is 2. The van der Waals surface area contributed by atoms with Crippen molar-refractivity contribution in [2.75, 3.05) is 18.5 Å². The van der Waals surface area contributed by atoms with Crippen molar-refractivity contribution in [1.29, 1.82) is 5.26 Å². The van der Waals surface area contributed by atoms with Gasteiger partial charge in [-0.15, -0.1) is 0 Å². The standard InChI is InChI=1S/C21H23N3O2/c1-3-26-20-10-8-19(9-11-20)24-21(25)18(14-22)15-23-13-12-17-7-5-4-6-16(17)2/h4-11,15,23H,3,12-13H2,1-2H3,(H,24,25)/b18-15-. The van der Waals surface area contributed by atoms with Crippen LogP contribution in [0.15, 0.2) is 60.3 Å². The van der Waals surface area contributed by atoms with E-state index in [1.165, 1.54) is 17.3 Å². The van der Waals surface area contributed by atoms with Crippen LogP contribution in [0, 0.1) is 18.3 Å². The number of anilines is 1. The molecular weight excluding hydrogens is 326 g/mol. The van der Waals surface area contributed by atoms with Gasteiger partial charge in [0, 0.05) is 18.4 Å². The smallest absolute Gasteiger partial charge is 0.267 e. The largest absolute Gasteiger partial charge is 0.494 e.